The third-order valence-corrected chi connectivity index (χ3v) is 9.47. The Labute approximate surface area is 255 Å². The molecular weight excluding hydrogens is 532 g/mol. The fourth-order valence-electron chi connectivity index (χ4n) is 7.57. The third-order valence-electron chi connectivity index (χ3n) is 9.47. The van der Waals surface area contributed by atoms with E-state index in [0.29, 0.717) is 0 Å². The van der Waals surface area contributed by atoms with Gasteiger partial charge in [0.05, 0.1) is 11.2 Å². The van der Waals surface area contributed by atoms with Gasteiger partial charge in [0, 0.05) is 28.6 Å². The van der Waals surface area contributed by atoms with Gasteiger partial charge in [-0.25, -0.2) is 0 Å². The zero-order chi connectivity index (χ0) is 28.8. The van der Waals surface area contributed by atoms with Gasteiger partial charge < -0.3 is 9.47 Å². The summed E-state index contributed by atoms with van der Waals surface area (Å²) >= 11 is 0. The van der Waals surface area contributed by atoms with Gasteiger partial charge in [-0.1, -0.05) is 91.0 Å². The van der Waals surface area contributed by atoms with Crippen molar-refractivity contribution in [3.8, 4) is 27.9 Å². The lowest BCUT2D eigenvalue weighted by Gasteiger charge is -2.26. The summed E-state index contributed by atoms with van der Waals surface area (Å²) in [6.07, 6.45) is 2.20. The van der Waals surface area contributed by atoms with Gasteiger partial charge in [-0.05, 0) is 115 Å². The maximum absolute atomic E-state index is 2.43. The molecule has 1 heterocycles. The Morgan fingerprint density at radius 2 is 1.09 bits per heavy atom. The topological polar surface area (TPSA) is 8.17 Å². The summed E-state index contributed by atoms with van der Waals surface area (Å²) in [6, 6.07) is 55.4. The van der Waals surface area contributed by atoms with Gasteiger partial charge in [0.25, 0.3) is 0 Å². The lowest BCUT2D eigenvalue weighted by Crippen LogP contribution is -2.09. The average Bonchev–Trinajstić information content (AvgIpc) is 3.65. The SMILES string of the molecule is c1ccc(N(c2ccccc2)c2ccc3c(c2)-c2cc4ccc(-n5ccc6ccccc65)c5ccc6ccc-3c2c6c45)cc1. The van der Waals surface area contributed by atoms with E-state index >= 15 is 0 Å². The number of hydrogen-bond acceptors (Lipinski definition) is 1. The van der Waals surface area contributed by atoms with Gasteiger partial charge in [0.2, 0.25) is 0 Å². The molecule has 1 aliphatic carbocycles. The molecule has 0 amide bonds. The van der Waals surface area contributed by atoms with Gasteiger partial charge in [-0.15, -0.1) is 0 Å². The Balaban J connectivity index is 1.22. The summed E-state index contributed by atoms with van der Waals surface area (Å²) in [5, 5.41) is 9.21. The van der Waals surface area contributed by atoms with Crippen LogP contribution in [0.5, 0.6) is 0 Å². The zero-order valence-electron chi connectivity index (χ0n) is 23.9. The Hall–Kier alpha value is -5.86. The largest absolute Gasteiger partial charge is 0.316 e. The molecule has 8 aromatic carbocycles. The van der Waals surface area contributed by atoms with E-state index in [1.54, 1.807) is 0 Å². The molecule has 0 saturated heterocycles. The van der Waals surface area contributed by atoms with E-state index in [1.807, 2.05) is 0 Å². The number of rotatable bonds is 4. The van der Waals surface area contributed by atoms with Crippen LogP contribution in [0, 0.1) is 0 Å². The van der Waals surface area contributed by atoms with E-state index in [2.05, 4.69) is 167 Å². The van der Waals surface area contributed by atoms with Crippen LogP contribution in [0.2, 0.25) is 0 Å². The maximum atomic E-state index is 2.43. The summed E-state index contributed by atoms with van der Waals surface area (Å²) in [7, 11) is 0. The predicted octanol–water partition coefficient (Wildman–Crippen LogP) is 11.6. The fraction of sp³-hybridized carbons (Fsp3) is 0. The molecule has 0 saturated carbocycles. The second-order valence-electron chi connectivity index (χ2n) is 11.8. The van der Waals surface area contributed by atoms with Gasteiger partial charge in [-0.3, -0.25) is 0 Å². The van der Waals surface area contributed by atoms with Crippen molar-refractivity contribution in [2.45, 2.75) is 0 Å². The van der Waals surface area contributed by atoms with Crippen LogP contribution >= 0.6 is 0 Å². The zero-order valence-corrected chi connectivity index (χ0v) is 23.9. The standard InChI is InChI=1S/C42H26N2/c1-3-10-30(11-4-1)44(31-12-5-2-6-13-31)32-18-21-33-34-19-15-28-16-20-35-39(43-24-23-27-9-7-8-14-38(27)43)22-17-29-25-37(36(33)26-32)42(34)41(28)40(29)35/h1-26H. The molecule has 0 fully saturated rings. The molecule has 10 rings (SSSR count). The molecule has 0 radical (unpaired) electrons. The molecule has 0 atom stereocenters. The minimum atomic E-state index is 1.15. The van der Waals surface area contributed by atoms with Crippen LogP contribution in [0.15, 0.2) is 158 Å². The van der Waals surface area contributed by atoms with Gasteiger partial charge in [-0.2, -0.15) is 0 Å². The van der Waals surface area contributed by atoms with Gasteiger partial charge in [0.15, 0.2) is 0 Å². The molecule has 0 N–H and O–H groups in total. The minimum Gasteiger partial charge on any atom is -0.316 e. The van der Waals surface area contributed by atoms with Crippen LogP contribution in [0.4, 0.5) is 17.1 Å². The van der Waals surface area contributed by atoms with Crippen LogP contribution in [0.25, 0.3) is 71.2 Å². The van der Waals surface area contributed by atoms with E-state index in [-0.39, 0.29) is 0 Å². The lowest BCUT2D eigenvalue weighted by atomic mass is 9.90. The van der Waals surface area contributed by atoms with Gasteiger partial charge in [0.1, 0.15) is 0 Å². The highest BCUT2D eigenvalue weighted by Crippen LogP contribution is 2.53. The number of anilines is 3. The van der Waals surface area contributed by atoms with Crippen LogP contribution in [-0.4, -0.2) is 4.57 Å². The molecule has 1 aromatic heterocycles. The number of fused-ring (bicyclic) bond motifs is 4. The monoisotopic (exact) mass is 558 g/mol. The van der Waals surface area contributed by atoms with Crippen molar-refractivity contribution in [3.63, 3.8) is 0 Å². The summed E-state index contributed by atoms with van der Waals surface area (Å²) in [5.41, 5.74) is 11.2. The quantitative estimate of drug-likeness (QED) is 0.195. The lowest BCUT2D eigenvalue weighted by molar-refractivity contribution is 1.14. The van der Waals surface area contributed by atoms with Crippen molar-refractivity contribution in [3.05, 3.63) is 158 Å². The molecular formula is C42H26N2. The second-order valence-corrected chi connectivity index (χ2v) is 11.8. The summed E-state index contributed by atoms with van der Waals surface area (Å²) < 4.78 is 2.34. The first-order chi connectivity index (χ1) is 21.8. The van der Waals surface area contributed by atoms with Crippen LogP contribution < -0.4 is 4.90 Å². The number of hydrogen-bond donors (Lipinski definition) is 0. The number of benzene rings is 8. The Bertz CT molecular complexity index is 2500. The molecule has 44 heavy (non-hydrogen) atoms. The summed E-state index contributed by atoms with van der Waals surface area (Å²) in [4.78, 5) is 2.35. The molecule has 0 spiro atoms. The first-order valence-corrected chi connectivity index (χ1v) is 15.2. The van der Waals surface area contributed by atoms with E-state index in [1.165, 1.54) is 71.2 Å². The van der Waals surface area contributed by atoms with Crippen LogP contribution in [0.1, 0.15) is 0 Å². The Morgan fingerprint density at radius 3 is 1.91 bits per heavy atom. The van der Waals surface area contributed by atoms with Crippen molar-refractivity contribution in [1.82, 2.24) is 4.57 Å². The smallest absolute Gasteiger partial charge is 0.0534 e. The third kappa shape index (κ3) is 3.20. The van der Waals surface area contributed by atoms with Crippen LogP contribution in [0.3, 0.4) is 0 Å². The highest BCUT2D eigenvalue weighted by Gasteiger charge is 2.26. The summed E-state index contributed by atoms with van der Waals surface area (Å²) in [5.74, 6) is 0. The van der Waals surface area contributed by atoms with Crippen molar-refractivity contribution < 1.29 is 0 Å². The molecule has 1 aliphatic rings. The van der Waals surface area contributed by atoms with E-state index in [0.717, 1.165) is 17.1 Å². The fourth-order valence-corrected chi connectivity index (χ4v) is 7.57. The average molecular weight is 559 g/mol. The number of aromatic nitrogens is 1. The second kappa shape index (κ2) is 8.82. The van der Waals surface area contributed by atoms with Crippen molar-refractivity contribution in [2.75, 3.05) is 4.90 Å². The highest BCUT2D eigenvalue weighted by atomic mass is 15.1. The number of nitrogens with zero attached hydrogens (tertiary/aromatic N) is 2. The van der Waals surface area contributed by atoms with E-state index < -0.39 is 0 Å². The first-order valence-electron chi connectivity index (χ1n) is 15.2. The molecule has 0 bridgehead atoms. The van der Waals surface area contributed by atoms with Crippen molar-refractivity contribution >= 4 is 60.3 Å². The summed E-state index contributed by atoms with van der Waals surface area (Å²) in [6.45, 7) is 0. The molecule has 2 heteroatoms. The maximum Gasteiger partial charge on any atom is 0.0534 e. The highest BCUT2D eigenvalue weighted by molar-refractivity contribution is 6.32. The Morgan fingerprint density at radius 1 is 0.386 bits per heavy atom. The number of para-hydroxylation sites is 3. The molecule has 2 nitrogen and oxygen atoms in total. The molecule has 204 valence electrons. The molecule has 9 aromatic rings. The molecule has 0 unspecified atom stereocenters. The van der Waals surface area contributed by atoms with Crippen molar-refractivity contribution in [1.29, 1.82) is 0 Å². The Kier molecular flexibility index (Phi) is 4.75. The van der Waals surface area contributed by atoms with E-state index in [4.69, 9.17) is 0 Å². The molecule has 0 aliphatic heterocycles. The van der Waals surface area contributed by atoms with E-state index in [9.17, 15) is 0 Å². The normalized spacial score (nSPS) is 12.1. The van der Waals surface area contributed by atoms with Crippen LogP contribution in [-0.2, 0) is 0 Å². The predicted molar refractivity (Wildman–Crippen MR) is 186 cm³/mol. The minimum absolute atomic E-state index is 1.15. The first kappa shape index (κ1) is 23.7. The van der Waals surface area contributed by atoms with Gasteiger partial charge >= 0.3 is 0 Å². The van der Waals surface area contributed by atoms with Crippen molar-refractivity contribution in [2.24, 2.45) is 0 Å².